The van der Waals surface area contributed by atoms with Gasteiger partial charge in [0, 0.05) is 25.2 Å². The highest BCUT2D eigenvalue weighted by Crippen LogP contribution is 2.22. The molecule has 1 aliphatic carbocycles. The topological polar surface area (TPSA) is 58.1 Å². The summed E-state index contributed by atoms with van der Waals surface area (Å²) >= 11 is 7.43. The minimum absolute atomic E-state index is 0.0508. The highest BCUT2D eigenvalue weighted by Gasteiger charge is 2.16. The number of carbonyl (C=O) groups excluding carboxylic acids is 1. The predicted molar refractivity (Wildman–Crippen MR) is 96.3 cm³/mol. The van der Waals surface area contributed by atoms with Crippen LogP contribution in [0.3, 0.4) is 0 Å². The van der Waals surface area contributed by atoms with E-state index in [4.69, 9.17) is 11.6 Å². The normalized spacial score (nSPS) is 15.4. The van der Waals surface area contributed by atoms with Crippen LogP contribution in [0.2, 0.25) is 5.15 Å². The number of nitrogens with one attached hydrogen (secondary N) is 1. The van der Waals surface area contributed by atoms with E-state index in [9.17, 15) is 4.79 Å². The number of thioether (sulfide) groups is 1. The summed E-state index contributed by atoms with van der Waals surface area (Å²) in [7, 11) is 0. The van der Waals surface area contributed by atoms with Gasteiger partial charge in [-0.2, -0.15) is 0 Å². The van der Waals surface area contributed by atoms with Gasteiger partial charge in [0.25, 0.3) is 0 Å². The zero-order valence-electron chi connectivity index (χ0n) is 13.8. The first-order valence-corrected chi connectivity index (χ1v) is 9.70. The predicted octanol–water partition coefficient (Wildman–Crippen LogP) is 3.52. The highest BCUT2D eigenvalue weighted by molar-refractivity contribution is 7.99. The first kappa shape index (κ1) is 18.3. The van der Waals surface area contributed by atoms with E-state index >= 15 is 0 Å². The van der Waals surface area contributed by atoms with E-state index in [1.165, 1.54) is 31.0 Å². The Morgan fingerprint density at radius 3 is 2.65 bits per heavy atom. The molecule has 0 radical (unpaired) electrons. The molecule has 1 fully saturated rings. The molecule has 0 aromatic carbocycles. The van der Waals surface area contributed by atoms with E-state index in [1.54, 1.807) is 6.07 Å². The summed E-state index contributed by atoms with van der Waals surface area (Å²) in [4.78, 5) is 22.9. The maximum atomic E-state index is 12.1. The van der Waals surface area contributed by atoms with Gasteiger partial charge in [-0.05, 0) is 26.7 Å². The fourth-order valence-electron chi connectivity index (χ4n) is 2.81. The second-order valence-corrected chi connectivity index (χ2v) is 7.02. The van der Waals surface area contributed by atoms with E-state index in [1.807, 2.05) is 0 Å². The first-order chi connectivity index (χ1) is 11.1. The number of hydrogen-bond donors (Lipinski definition) is 1. The van der Waals surface area contributed by atoms with Gasteiger partial charge in [-0.1, -0.05) is 42.6 Å². The zero-order chi connectivity index (χ0) is 16.7. The van der Waals surface area contributed by atoms with Crippen molar-refractivity contribution in [1.29, 1.82) is 0 Å². The Balaban J connectivity index is 1.90. The van der Waals surface area contributed by atoms with Crippen molar-refractivity contribution in [2.45, 2.75) is 57.1 Å². The average molecular weight is 357 g/mol. The van der Waals surface area contributed by atoms with Gasteiger partial charge in [0.15, 0.2) is 5.16 Å². The fourth-order valence-corrected chi connectivity index (χ4v) is 3.70. The van der Waals surface area contributed by atoms with Crippen LogP contribution in [0.25, 0.3) is 0 Å². The van der Waals surface area contributed by atoms with Crippen molar-refractivity contribution >= 4 is 35.1 Å². The number of aromatic nitrogens is 2. The number of halogens is 1. The lowest BCUT2D eigenvalue weighted by atomic mass is 9.95. The molecule has 23 heavy (non-hydrogen) atoms. The second-order valence-electron chi connectivity index (χ2n) is 5.69. The lowest BCUT2D eigenvalue weighted by molar-refractivity contribution is -0.119. The van der Waals surface area contributed by atoms with E-state index in [2.05, 4.69) is 34.0 Å². The molecule has 128 valence electrons. The molecule has 1 saturated carbocycles. The summed E-state index contributed by atoms with van der Waals surface area (Å²) in [6.45, 7) is 5.86. The summed E-state index contributed by atoms with van der Waals surface area (Å²) in [5.74, 6) is 1.19. The largest absolute Gasteiger partial charge is 0.357 e. The van der Waals surface area contributed by atoms with E-state index in [0.29, 0.717) is 22.1 Å². The summed E-state index contributed by atoms with van der Waals surface area (Å²) in [6.07, 6.45) is 5.89. The third-order valence-electron chi connectivity index (χ3n) is 4.05. The molecule has 1 aromatic rings. The maximum Gasteiger partial charge on any atom is 0.230 e. The number of carbonyl (C=O) groups is 1. The van der Waals surface area contributed by atoms with Crippen molar-refractivity contribution in [3.8, 4) is 0 Å². The maximum absolute atomic E-state index is 12.1. The third-order valence-corrected chi connectivity index (χ3v) is 5.09. The molecule has 1 heterocycles. The fraction of sp³-hybridized carbons (Fsp3) is 0.688. The minimum Gasteiger partial charge on any atom is -0.357 e. The smallest absolute Gasteiger partial charge is 0.230 e. The molecule has 1 amide bonds. The van der Waals surface area contributed by atoms with Crippen LogP contribution in [0.4, 0.5) is 5.82 Å². The number of anilines is 1. The second kappa shape index (κ2) is 9.33. The van der Waals surface area contributed by atoms with Crippen LogP contribution in [0.15, 0.2) is 11.2 Å². The van der Waals surface area contributed by atoms with E-state index < -0.39 is 0 Å². The van der Waals surface area contributed by atoms with Crippen LogP contribution < -0.4 is 10.2 Å². The Morgan fingerprint density at radius 2 is 2.00 bits per heavy atom. The van der Waals surface area contributed by atoms with Gasteiger partial charge in [-0.15, -0.1) is 0 Å². The Morgan fingerprint density at radius 1 is 1.30 bits per heavy atom. The Kier molecular flexibility index (Phi) is 7.43. The summed E-state index contributed by atoms with van der Waals surface area (Å²) in [5, 5.41) is 4.07. The molecule has 0 saturated heterocycles. The van der Waals surface area contributed by atoms with Gasteiger partial charge in [-0.25, -0.2) is 9.97 Å². The quantitative estimate of drug-likeness (QED) is 0.460. The number of rotatable bonds is 7. The highest BCUT2D eigenvalue weighted by atomic mass is 35.5. The van der Waals surface area contributed by atoms with Crippen LogP contribution in [0.5, 0.6) is 0 Å². The van der Waals surface area contributed by atoms with Gasteiger partial charge >= 0.3 is 0 Å². The molecule has 0 atom stereocenters. The molecule has 0 spiro atoms. The standard InChI is InChI=1S/C16H25ClN4OS/c1-3-21(4-2)14-10-13(17)19-16(20-14)23-11-15(22)18-12-8-6-5-7-9-12/h10,12H,3-9,11H2,1-2H3,(H,18,22). The Hall–Kier alpha value is -1.01. The molecule has 1 aromatic heterocycles. The lowest BCUT2D eigenvalue weighted by Crippen LogP contribution is -2.37. The van der Waals surface area contributed by atoms with Crippen LogP contribution in [0.1, 0.15) is 46.0 Å². The summed E-state index contributed by atoms with van der Waals surface area (Å²) in [5.41, 5.74) is 0. The Bertz CT molecular complexity index is 519. The number of hydrogen-bond acceptors (Lipinski definition) is 5. The van der Waals surface area contributed by atoms with Gasteiger partial charge in [0.1, 0.15) is 11.0 Å². The van der Waals surface area contributed by atoms with Crippen molar-refractivity contribution in [2.75, 3.05) is 23.7 Å². The van der Waals surface area contributed by atoms with Crippen LogP contribution in [-0.4, -0.2) is 40.8 Å². The molecule has 0 aliphatic heterocycles. The van der Waals surface area contributed by atoms with Crippen LogP contribution >= 0.6 is 23.4 Å². The summed E-state index contributed by atoms with van der Waals surface area (Å²) in [6, 6.07) is 2.10. The third kappa shape index (κ3) is 5.84. The molecule has 1 N–H and O–H groups in total. The van der Waals surface area contributed by atoms with Crippen molar-refractivity contribution in [3.05, 3.63) is 11.2 Å². The molecule has 5 nitrogen and oxygen atoms in total. The molecule has 0 unspecified atom stereocenters. The van der Waals surface area contributed by atoms with E-state index in [0.717, 1.165) is 31.7 Å². The first-order valence-electron chi connectivity index (χ1n) is 8.34. The SMILES string of the molecule is CCN(CC)c1cc(Cl)nc(SCC(=O)NC2CCCCC2)n1. The van der Waals surface area contributed by atoms with Gasteiger partial charge < -0.3 is 10.2 Å². The number of nitrogens with zero attached hydrogens (tertiary/aromatic N) is 3. The van der Waals surface area contributed by atoms with Crippen molar-refractivity contribution in [1.82, 2.24) is 15.3 Å². The molecule has 0 bridgehead atoms. The zero-order valence-corrected chi connectivity index (χ0v) is 15.4. The molecular formula is C16H25ClN4OS. The Labute approximate surface area is 147 Å². The number of amides is 1. The molecular weight excluding hydrogens is 332 g/mol. The van der Waals surface area contributed by atoms with Crippen molar-refractivity contribution < 1.29 is 4.79 Å². The molecule has 2 rings (SSSR count). The molecule has 7 heteroatoms. The van der Waals surface area contributed by atoms with Gasteiger partial charge in [-0.3, -0.25) is 4.79 Å². The van der Waals surface area contributed by atoms with Gasteiger partial charge in [0.05, 0.1) is 5.75 Å². The minimum atomic E-state index is 0.0508. The van der Waals surface area contributed by atoms with Crippen LogP contribution in [0, 0.1) is 0 Å². The van der Waals surface area contributed by atoms with Crippen molar-refractivity contribution in [2.24, 2.45) is 0 Å². The average Bonchev–Trinajstić information content (AvgIpc) is 2.55. The van der Waals surface area contributed by atoms with Crippen LogP contribution in [-0.2, 0) is 4.79 Å². The van der Waals surface area contributed by atoms with E-state index in [-0.39, 0.29) is 5.91 Å². The van der Waals surface area contributed by atoms with Crippen molar-refractivity contribution in [3.63, 3.8) is 0 Å². The summed E-state index contributed by atoms with van der Waals surface area (Å²) < 4.78 is 0. The lowest BCUT2D eigenvalue weighted by Gasteiger charge is -2.22. The van der Waals surface area contributed by atoms with Gasteiger partial charge in [0.2, 0.25) is 5.91 Å². The molecule has 1 aliphatic rings. The monoisotopic (exact) mass is 356 g/mol.